The number of carbonyl (C=O) groups excluding carboxylic acids is 2. The van der Waals surface area contributed by atoms with E-state index in [0.29, 0.717) is 38.1 Å². The van der Waals surface area contributed by atoms with Gasteiger partial charge in [0, 0.05) is 31.1 Å². The molecule has 6 nitrogen and oxygen atoms in total. The first-order valence-corrected chi connectivity index (χ1v) is 10.5. The fourth-order valence-electron chi connectivity index (χ4n) is 3.50. The lowest BCUT2D eigenvalue weighted by Gasteiger charge is -2.32. The van der Waals surface area contributed by atoms with Gasteiger partial charge in [-0.15, -0.1) is 0 Å². The molecule has 30 heavy (non-hydrogen) atoms. The van der Waals surface area contributed by atoms with Crippen LogP contribution in [0.3, 0.4) is 0 Å². The number of methoxy groups -OCH3 is 1. The Kier molecular flexibility index (Phi) is 7.71. The normalized spacial score (nSPS) is 14.3. The molecule has 0 aromatic heterocycles. The van der Waals surface area contributed by atoms with Gasteiger partial charge in [-0.1, -0.05) is 17.7 Å². The standard InChI is InChI=1S/C24H30N2O4/c1-18-5-9-22(10-6-18)30-17-3-4-23(27)25-20-13-15-26(16-14-20)24(28)19-7-11-21(29-2)12-8-19/h5-12,20H,3-4,13-17H2,1-2H3,(H,25,27). The largest absolute Gasteiger partial charge is 0.497 e. The Bertz CT molecular complexity index is 825. The number of amides is 2. The topological polar surface area (TPSA) is 67.9 Å². The molecule has 160 valence electrons. The van der Waals surface area contributed by atoms with Gasteiger partial charge in [-0.25, -0.2) is 0 Å². The maximum absolute atomic E-state index is 12.6. The second-order valence-corrected chi connectivity index (χ2v) is 7.63. The summed E-state index contributed by atoms with van der Waals surface area (Å²) in [5, 5.41) is 3.09. The number of piperidine rings is 1. The van der Waals surface area contributed by atoms with Crippen LogP contribution < -0.4 is 14.8 Å². The van der Waals surface area contributed by atoms with Crippen molar-refractivity contribution < 1.29 is 19.1 Å². The summed E-state index contributed by atoms with van der Waals surface area (Å²) in [5.41, 5.74) is 1.85. The van der Waals surface area contributed by atoms with Crippen LogP contribution in [0.5, 0.6) is 11.5 Å². The van der Waals surface area contributed by atoms with Crippen molar-refractivity contribution in [3.8, 4) is 11.5 Å². The molecule has 1 N–H and O–H groups in total. The molecule has 1 saturated heterocycles. The lowest BCUT2D eigenvalue weighted by atomic mass is 10.0. The quantitative estimate of drug-likeness (QED) is 0.676. The fraction of sp³-hybridized carbons (Fsp3) is 0.417. The van der Waals surface area contributed by atoms with E-state index in [1.165, 1.54) is 5.56 Å². The minimum atomic E-state index is 0.0238. The predicted octanol–water partition coefficient (Wildman–Crippen LogP) is 3.58. The number of nitrogens with one attached hydrogen (secondary N) is 1. The summed E-state index contributed by atoms with van der Waals surface area (Å²) >= 11 is 0. The van der Waals surface area contributed by atoms with Crippen LogP contribution in [0.4, 0.5) is 0 Å². The van der Waals surface area contributed by atoms with Crippen molar-refractivity contribution in [1.82, 2.24) is 10.2 Å². The van der Waals surface area contributed by atoms with E-state index >= 15 is 0 Å². The second kappa shape index (κ2) is 10.7. The molecule has 1 aliphatic rings. The van der Waals surface area contributed by atoms with E-state index in [2.05, 4.69) is 5.32 Å². The van der Waals surface area contributed by atoms with Crippen LogP contribution in [0.25, 0.3) is 0 Å². The number of aryl methyl sites for hydroxylation is 1. The van der Waals surface area contributed by atoms with Gasteiger partial charge < -0.3 is 19.7 Å². The maximum atomic E-state index is 12.6. The molecule has 1 heterocycles. The van der Waals surface area contributed by atoms with Crippen molar-refractivity contribution in [1.29, 1.82) is 0 Å². The molecule has 2 amide bonds. The molecule has 2 aromatic carbocycles. The van der Waals surface area contributed by atoms with Crippen LogP contribution in [0.15, 0.2) is 48.5 Å². The highest BCUT2D eigenvalue weighted by Crippen LogP contribution is 2.17. The van der Waals surface area contributed by atoms with E-state index in [0.717, 1.165) is 24.3 Å². The molecular formula is C24H30N2O4. The Hall–Kier alpha value is -3.02. The first kappa shape index (κ1) is 21.7. The van der Waals surface area contributed by atoms with E-state index < -0.39 is 0 Å². The number of carbonyl (C=O) groups is 2. The summed E-state index contributed by atoms with van der Waals surface area (Å²) < 4.78 is 10.8. The number of hydrogen-bond acceptors (Lipinski definition) is 4. The molecular weight excluding hydrogens is 380 g/mol. The number of hydrogen-bond donors (Lipinski definition) is 1. The zero-order chi connectivity index (χ0) is 21.3. The molecule has 0 radical (unpaired) electrons. The van der Waals surface area contributed by atoms with Gasteiger partial charge in [-0.2, -0.15) is 0 Å². The summed E-state index contributed by atoms with van der Waals surface area (Å²) in [5.74, 6) is 1.63. The molecule has 6 heteroatoms. The van der Waals surface area contributed by atoms with E-state index in [1.807, 2.05) is 36.1 Å². The third-order valence-corrected chi connectivity index (χ3v) is 5.32. The molecule has 1 fully saturated rings. The number of benzene rings is 2. The number of rotatable bonds is 8. The lowest BCUT2D eigenvalue weighted by molar-refractivity contribution is -0.122. The first-order valence-electron chi connectivity index (χ1n) is 10.5. The van der Waals surface area contributed by atoms with Gasteiger partial charge in [-0.05, 0) is 62.6 Å². The van der Waals surface area contributed by atoms with Crippen molar-refractivity contribution in [3.63, 3.8) is 0 Å². The summed E-state index contributed by atoms with van der Waals surface area (Å²) in [6.07, 6.45) is 2.66. The van der Waals surface area contributed by atoms with E-state index in [4.69, 9.17) is 9.47 Å². The molecule has 0 aliphatic carbocycles. The SMILES string of the molecule is COc1ccc(C(=O)N2CCC(NC(=O)CCCOc3ccc(C)cc3)CC2)cc1. The van der Waals surface area contributed by atoms with E-state index in [1.54, 1.807) is 31.4 Å². The Morgan fingerprint density at radius 3 is 2.27 bits per heavy atom. The Labute approximate surface area is 178 Å². The molecule has 0 unspecified atom stereocenters. The predicted molar refractivity (Wildman–Crippen MR) is 116 cm³/mol. The molecule has 1 aliphatic heterocycles. The number of nitrogens with zero attached hydrogens (tertiary/aromatic N) is 1. The number of ether oxygens (including phenoxy) is 2. The summed E-state index contributed by atoms with van der Waals surface area (Å²) in [6, 6.07) is 15.2. The monoisotopic (exact) mass is 410 g/mol. The van der Waals surface area contributed by atoms with Crippen LogP contribution in [0, 0.1) is 6.92 Å². The van der Waals surface area contributed by atoms with Crippen LogP contribution in [0.2, 0.25) is 0 Å². The summed E-state index contributed by atoms with van der Waals surface area (Å²) in [6.45, 7) is 3.84. The van der Waals surface area contributed by atoms with Gasteiger partial charge in [0.2, 0.25) is 5.91 Å². The number of likely N-dealkylation sites (tertiary alicyclic amines) is 1. The minimum absolute atomic E-state index is 0.0238. The third-order valence-electron chi connectivity index (χ3n) is 5.32. The zero-order valence-electron chi connectivity index (χ0n) is 17.7. The highest BCUT2D eigenvalue weighted by Gasteiger charge is 2.24. The van der Waals surface area contributed by atoms with Gasteiger partial charge in [0.1, 0.15) is 11.5 Å². The molecule has 0 spiro atoms. The molecule has 0 bridgehead atoms. The van der Waals surface area contributed by atoms with E-state index in [-0.39, 0.29) is 17.9 Å². The smallest absolute Gasteiger partial charge is 0.253 e. The van der Waals surface area contributed by atoms with Gasteiger partial charge in [0.05, 0.1) is 13.7 Å². The molecule has 0 atom stereocenters. The lowest BCUT2D eigenvalue weighted by Crippen LogP contribution is -2.46. The van der Waals surface area contributed by atoms with Crippen molar-refractivity contribution in [3.05, 3.63) is 59.7 Å². The Balaban J connectivity index is 1.34. The molecule has 3 rings (SSSR count). The minimum Gasteiger partial charge on any atom is -0.497 e. The zero-order valence-corrected chi connectivity index (χ0v) is 17.7. The van der Waals surface area contributed by atoms with Crippen molar-refractivity contribution in [2.24, 2.45) is 0 Å². The van der Waals surface area contributed by atoms with Crippen LogP contribution in [0.1, 0.15) is 41.6 Å². The Morgan fingerprint density at radius 1 is 1.00 bits per heavy atom. The van der Waals surface area contributed by atoms with Crippen LogP contribution >= 0.6 is 0 Å². The van der Waals surface area contributed by atoms with Crippen molar-refractivity contribution >= 4 is 11.8 Å². The average molecular weight is 411 g/mol. The van der Waals surface area contributed by atoms with Crippen LogP contribution in [-0.2, 0) is 4.79 Å². The highest BCUT2D eigenvalue weighted by molar-refractivity contribution is 5.94. The van der Waals surface area contributed by atoms with Gasteiger partial charge in [-0.3, -0.25) is 9.59 Å². The van der Waals surface area contributed by atoms with Gasteiger partial charge in [0.15, 0.2) is 0 Å². The average Bonchev–Trinajstić information content (AvgIpc) is 2.78. The second-order valence-electron chi connectivity index (χ2n) is 7.63. The third kappa shape index (κ3) is 6.24. The van der Waals surface area contributed by atoms with Crippen molar-refractivity contribution in [2.45, 2.75) is 38.6 Å². The fourth-order valence-corrected chi connectivity index (χ4v) is 3.50. The molecule has 2 aromatic rings. The van der Waals surface area contributed by atoms with Crippen LogP contribution in [-0.4, -0.2) is 49.6 Å². The van der Waals surface area contributed by atoms with E-state index in [9.17, 15) is 9.59 Å². The maximum Gasteiger partial charge on any atom is 0.253 e. The van der Waals surface area contributed by atoms with Gasteiger partial charge in [0.25, 0.3) is 5.91 Å². The van der Waals surface area contributed by atoms with Gasteiger partial charge >= 0.3 is 0 Å². The molecule has 0 saturated carbocycles. The summed E-state index contributed by atoms with van der Waals surface area (Å²) in [7, 11) is 1.60. The summed E-state index contributed by atoms with van der Waals surface area (Å²) in [4.78, 5) is 26.7. The highest BCUT2D eigenvalue weighted by atomic mass is 16.5. The Morgan fingerprint density at radius 2 is 1.63 bits per heavy atom. The first-order chi connectivity index (χ1) is 14.5. The van der Waals surface area contributed by atoms with Crippen molar-refractivity contribution in [2.75, 3.05) is 26.8 Å².